The van der Waals surface area contributed by atoms with Gasteiger partial charge in [0.15, 0.2) is 0 Å². The van der Waals surface area contributed by atoms with Gasteiger partial charge in [0, 0.05) is 37.9 Å². The van der Waals surface area contributed by atoms with E-state index in [4.69, 9.17) is 0 Å². The highest BCUT2D eigenvalue weighted by molar-refractivity contribution is 5.72. The summed E-state index contributed by atoms with van der Waals surface area (Å²) in [4.78, 5) is 17.9. The summed E-state index contributed by atoms with van der Waals surface area (Å²) in [6.07, 6.45) is 3.51. The van der Waals surface area contributed by atoms with E-state index in [2.05, 4.69) is 41.1 Å². The van der Waals surface area contributed by atoms with Crippen LogP contribution in [0.25, 0.3) is 0 Å². The fraction of sp³-hybridized carbons (Fsp3) is 0.333. The van der Waals surface area contributed by atoms with Gasteiger partial charge in [0.25, 0.3) is 0 Å². The molecule has 0 unspecified atom stereocenters. The molecule has 22 heavy (non-hydrogen) atoms. The maximum atomic E-state index is 11.6. The normalized spacial score (nSPS) is 21.9. The molecule has 1 aromatic carbocycles. The van der Waals surface area contributed by atoms with Crippen molar-refractivity contribution in [3.8, 4) is 0 Å². The van der Waals surface area contributed by atoms with Crippen LogP contribution < -0.4 is 0 Å². The van der Waals surface area contributed by atoms with Crippen molar-refractivity contribution in [3.05, 3.63) is 65.5 Å². The maximum absolute atomic E-state index is 11.6. The molecule has 2 atom stereocenters. The zero-order chi connectivity index (χ0) is 15.5. The minimum atomic E-state index is -0.722. The quantitative estimate of drug-likeness (QED) is 0.942. The number of benzene rings is 1. The fourth-order valence-corrected chi connectivity index (χ4v) is 3.15. The molecule has 4 heteroatoms. The first-order valence-corrected chi connectivity index (χ1v) is 7.54. The van der Waals surface area contributed by atoms with Crippen molar-refractivity contribution in [1.82, 2.24) is 9.88 Å². The zero-order valence-corrected chi connectivity index (χ0v) is 12.6. The SMILES string of the molecule is Cc1ccc(CN2C[C@@H](C(=O)O)[C@H](c3cccnc3)C2)cc1. The van der Waals surface area contributed by atoms with Crippen molar-refractivity contribution in [2.45, 2.75) is 19.4 Å². The zero-order valence-electron chi connectivity index (χ0n) is 12.6. The number of hydrogen-bond acceptors (Lipinski definition) is 3. The highest BCUT2D eigenvalue weighted by atomic mass is 16.4. The van der Waals surface area contributed by atoms with Crippen LogP contribution in [0.15, 0.2) is 48.8 Å². The van der Waals surface area contributed by atoms with Gasteiger partial charge < -0.3 is 5.11 Å². The van der Waals surface area contributed by atoms with E-state index in [-0.39, 0.29) is 11.8 Å². The largest absolute Gasteiger partial charge is 0.481 e. The Morgan fingerprint density at radius 1 is 1.27 bits per heavy atom. The Labute approximate surface area is 130 Å². The van der Waals surface area contributed by atoms with Crippen LogP contribution in [0.2, 0.25) is 0 Å². The van der Waals surface area contributed by atoms with Gasteiger partial charge >= 0.3 is 5.97 Å². The molecule has 3 rings (SSSR count). The summed E-state index contributed by atoms with van der Waals surface area (Å²) >= 11 is 0. The molecular weight excluding hydrogens is 276 g/mol. The van der Waals surface area contributed by atoms with E-state index in [0.29, 0.717) is 6.54 Å². The second kappa shape index (κ2) is 6.28. The molecule has 0 amide bonds. The third-order valence-corrected chi connectivity index (χ3v) is 4.35. The Kier molecular flexibility index (Phi) is 4.20. The molecule has 2 aromatic rings. The lowest BCUT2D eigenvalue weighted by Gasteiger charge is -2.16. The number of carbonyl (C=O) groups is 1. The van der Waals surface area contributed by atoms with E-state index in [1.165, 1.54) is 11.1 Å². The van der Waals surface area contributed by atoms with Crippen molar-refractivity contribution >= 4 is 5.97 Å². The van der Waals surface area contributed by atoms with Crippen LogP contribution in [0, 0.1) is 12.8 Å². The first-order valence-electron chi connectivity index (χ1n) is 7.54. The van der Waals surface area contributed by atoms with Gasteiger partial charge in [-0.15, -0.1) is 0 Å². The first kappa shape index (κ1) is 14.7. The maximum Gasteiger partial charge on any atom is 0.308 e. The van der Waals surface area contributed by atoms with E-state index in [9.17, 15) is 9.90 Å². The van der Waals surface area contributed by atoms with Crippen LogP contribution in [0.1, 0.15) is 22.6 Å². The standard InChI is InChI=1S/C18H20N2O2/c1-13-4-6-14(7-5-13)10-20-11-16(17(12-20)18(21)22)15-3-2-8-19-9-15/h2-9,16-17H,10-12H2,1H3,(H,21,22)/t16-,17+/m0/s1. The number of aromatic nitrogens is 1. The van der Waals surface area contributed by atoms with Gasteiger partial charge in [-0.25, -0.2) is 0 Å². The summed E-state index contributed by atoms with van der Waals surface area (Å²) in [5.74, 6) is -1.08. The molecule has 2 heterocycles. The molecule has 4 nitrogen and oxygen atoms in total. The molecule has 1 fully saturated rings. The van der Waals surface area contributed by atoms with Crippen molar-refractivity contribution < 1.29 is 9.90 Å². The highest BCUT2D eigenvalue weighted by Crippen LogP contribution is 2.33. The molecule has 1 saturated heterocycles. The van der Waals surface area contributed by atoms with Crippen molar-refractivity contribution in [3.63, 3.8) is 0 Å². The van der Waals surface area contributed by atoms with Crippen molar-refractivity contribution in [2.75, 3.05) is 13.1 Å². The second-order valence-corrected chi connectivity index (χ2v) is 6.02. The summed E-state index contributed by atoms with van der Waals surface area (Å²) in [6.45, 7) is 4.21. The van der Waals surface area contributed by atoms with Crippen LogP contribution in [0.3, 0.4) is 0 Å². The van der Waals surface area contributed by atoms with Gasteiger partial charge in [0.1, 0.15) is 0 Å². The molecule has 0 aliphatic carbocycles. The molecule has 0 bridgehead atoms. The van der Waals surface area contributed by atoms with Gasteiger partial charge in [0.05, 0.1) is 5.92 Å². The Hall–Kier alpha value is -2.20. The summed E-state index contributed by atoms with van der Waals surface area (Å²) in [7, 11) is 0. The number of pyridine rings is 1. The average molecular weight is 296 g/mol. The molecular formula is C18H20N2O2. The third kappa shape index (κ3) is 3.17. The van der Waals surface area contributed by atoms with Gasteiger partial charge in [-0.1, -0.05) is 35.9 Å². The van der Waals surface area contributed by atoms with Crippen LogP contribution in [-0.2, 0) is 11.3 Å². The van der Waals surface area contributed by atoms with E-state index in [1.54, 1.807) is 12.4 Å². The lowest BCUT2D eigenvalue weighted by molar-refractivity contribution is -0.141. The number of nitrogens with zero attached hydrogens (tertiary/aromatic N) is 2. The number of aliphatic carboxylic acids is 1. The van der Waals surface area contributed by atoms with E-state index < -0.39 is 5.97 Å². The minimum absolute atomic E-state index is 0.0108. The number of hydrogen-bond donors (Lipinski definition) is 1. The number of likely N-dealkylation sites (tertiary alicyclic amines) is 1. The minimum Gasteiger partial charge on any atom is -0.481 e. The molecule has 1 aliphatic rings. The number of carboxylic acid groups (broad SMARTS) is 1. The van der Waals surface area contributed by atoms with Gasteiger partial charge in [-0.3, -0.25) is 14.7 Å². The summed E-state index contributed by atoms with van der Waals surface area (Å²) in [5, 5.41) is 9.52. The first-order chi connectivity index (χ1) is 10.6. The fourth-order valence-electron chi connectivity index (χ4n) is 3.15. The highest BCUT2D eigenvalue weighted by Gasteiger charge is 2.38. The second-order valence-electron chi connectivity index (χ2n) is 6.02. The molecule has 0 spiro atoms. The summed E-state index contributed by atoms with van der Waals surface area (Å²) < 4.78 is 0. The monoisotopic (exact) mass is 296 g/mol. The number of rotatable bonds is 4. The van der Waals surface area contributed by atoms with Gasteiger partial charge in [0.2, 0.25) is 0 Å². The third-order valence-electron chi connectivity index (χ3n) is 4.35. The van der Waals surface area contributed by atoms with Crippen molar-refractivity contribution in [1.29, 1.82) is 0 Å². The van der Waals surface area contributed by atoms with Crippen molar-refractivity contribution in [2.24, 2.45) is 5.92 Å². The Bertz CT molecular complexity index is 640. The van der Waals surface area contributed by atoms with Crippen LogP contribution >= 0.6 is 0 Å². The van der Waals surface area contributed by atoms with Crippen LogP contribution in [-0.4, -0.2) is 34.0 Å². The molecule has 1 N–H and O–H groups in total. The van der Waals surface area contributed by atoms with Gasteiger partial charge in [-0.2, -0.15) is 0 Å². The predicted molar refractivity (Wildman–Crippen MR) is 84.6 cm³/mol. The Morgan fingerprint density at radius 2 is 2.05 bits per heavy atom. The Balaban J connectivity index is 1.76. The van der Waals surface area contributed by atoms with E-state index in [0.717, 1.165) is 18.7 Å². The Morgan fingerprint density at radius 3 is 2.68 bits per heavy atom. The molecule has 114 valence electrons. The smallest absolute Gasteiger partial charge is 0.308 e. The van der Waals surface area contributed by atoms with Gasteiger partial charge in [-0.05, 0) is 24.1 Å². The van der Waals surface area contributed by atoms with Crippen LogP contribution in [0.5, 0.6) is 0 Å². The number of carboxylic acids is 1. The molecule has 1 aromatic heterocycles. The van der Waals surface area contributed by atoms with Crippen LogP contribution in [0.4, 0.5) is 0 Å². The van der Waals surface area contributed by atoms with E-state index >= 15 is 0 Å². The lowest BCUT2D eigenvalue weighted by Crippen LogP contribution is -2.23. The lowest BCUT2D eigenvalue weighted by atomic mass is 9.90. The molecule has 0 saturated carbocycles. The average Bonchev–Trinajstić information content (AvgIpc) is 2.95. The predicted octanol–water partition coefficient (Wildman–Crippen LogP) is 2.69. The summed E-state index contributed by atoms with van der Waals surface area (Å²) in [6, 6.07) is 12.3. The molecule has 1 aliphatic heterocycles. The molecule has 0 radical (unpaired) electrons. The topological polar surface area (TPSA) is 53.4 Å². The number of aryl methyl sites for hydroxylation is 1. The summed E-state index contributed by atoms with van der Waals surface area (Å²) in [5.41, 5.74) is 3.48. The van der Waals surface area contributed by atoms with E-state index in [1.807, 2.05) is 12.1 Å².